The minimum atomic E-state index is -0.645. The number of pyridine rings is 1. The second kappa shape index (κ2) is 7.04. The summed E-state index contributed by atoms with van der Waals surface area (Å²) in [7, 11) is 0. The minimum absolute atomic E-state index is 0.0325. The van der Waals surface area contributed by atoms with Crippen molar-refractivity contribution in [3.05, 3.63) is 58.5 Å². The van der Waals surface area contributed by atoms with Crippen LogP contribution in [0.2, 0.25) is 5.02 Å². The van der Waals surface area contributed by atoms with Crippen molar-refractivity contribution in [2.45, 2.75) is 13.5 Å². The van der Waals surface area contributed by atoms with Crippen LogP contribution in [-0.2, 0) is 6.54 Å². The van der Waals surface area contributed by atoms with E-state index in [1.807, 2.05) is 6.92 Å². The fourth-order valence-electron chi connectivity index (χ4n) is 1.79. The van der Waals surface area contributed by atoms with Crippen molar-refractivity contribution >= 4 is 23.3 Å². The monoisotopic (exact) mass is 307 g/mol. The average Bonchev–Trinajstić information content (AvgIpc) is 2.49. The molecule has 0 aliphatic rings. The van der Waals surface area contributed by atoms with Crippen molar-refractivity contribution < 1.29 is 9.18 Å². The van der Waals surface area contributed by atoms with Crippen LogP contribution in [0.1, 0.15) is 22.8 Å². The molecule has 0 bridgehead atoms. The van der Waals surface area contributed by atoms with Gasteiger partial charge >= 0.3 is 0 Å². The third-order valence-electron chi connectivity index (χ3n) is 2.84. The topological polar surface area (TPSA) is 54.0 Å². The van der Waals surface area contributed by atoms with Crippen molar-refractivity contribution in [2.75, 3.05) is 11.9 Å². The van der Waals surface area contributed by atoms with E-state index in [2.05, 4.69) is 15.6 Å². The lowest BCUT2D eigenvalue weighted by atomic mass is 10.2. The van der Waals surface area contributed by atoms with Crippen molar-refractivity contribution in [1.82, 2.24) is 10.3 Å². The highest BCUT2D eigenvalue weighted by molar-refractivity contribution is 6.30. The van der Waals surface area contributed by atoms with Crippen LogP contribution in [0.5, 0.6) is 0 Å². The molecule has 0 aliphatic carbocycles. The summed E-state index contributed by atoms with van der Waals surface area (Å²) in [5.74, 6) is -1.05. The summed E-state index contributed by atoms with van der Waals surface area (Å²) in [4.78, 5) is 15.9. The largest absolute Gasteiger partial charge is 0.368 e. The van der Waals surface area contributed by atoms with Gasteiger partial charge in [0.25, 0.3) is 5.91 Å². The molecule has 21 heavy (non-hydrogen) atoms. The zero-order valence-electron chi connectivity index (χ0n) is 11.5. The highest BCUT2D eigenvalue weighted by atomic mass is 35.5. The third-order valence-corrected chi connectivity index (χ3v) is 3.10. The Labute approximate surface area is 127 Å². The molecule has 1 heterocycles. The number of carbonyl (C=O) groups excluding carboxylic acids is 1. The predicted molar refractivity (Wildman–Crippen MR) is 81.0 cm³/mol. The first-order chi connectivity index (χ1) is 10.1. The number of anilines is 1. The van der Waals surface area contributed by atoms with E-state index in [1.165, 1.54) is 12.3 Å². The molecule has 2 rings (SSSR count). The third kappa shape index (κ3) is 3.92. The van der Waals surface area contributed by atoms with E-state index in [1.54, 1.807) is 24.3 Å². The first-order valence-electron chi connectivity index (χ1n) is 6.53. The van der Waals surface area contributed by atoms with Gasteiger partial charge in [0, 0.05) is 24.3 Å². The highest BCUT2D eigenvalue weighted by Gasteiger charge is 2.15. The quantitative estimate of drug-likeness (QED) is 0.891. The van der Waals surface area contributed by atoms with Gasteiger partial charge in [-0.25, -0.2) is 9.37 Å². The van der Waals surface area contributed by atoms with Crippen LogP contribution in [0, 0.1) is 5.82 Å². The normalized spacial score (nSPS) is 10.2. The minimum Gasteiger partial charge on any atom is -0.368 e. The molecule has 0 saturated carbocycles. The van der Waals surface area contributed by atoms with Crippen LogP contribution >= 0.6 is 11.6 Å². The summed E-state index contributed by atoms with van der Waals surface area (Å²) in [5.41, 5.74) is 0.851. The molecule has 4 nitrogen and oxygen atoms in total. The van der Waals surface area contributed by atoms with Crippen molar-refractivity contribution in [2.24, 2.45) is 0 Å². The standard InChI is InChI=1S/C15H15ClFN3O/c1-2-18-14-13(17)12(7-8-19-14)15(21)20-9-10-3-5-11(16)6-4-10/h3-8H,2,9H2,1H3,(H,18,19)(H,20,21). The van der Waals surface area contributed by atoms with Crippen LogP contribution < -0.4 is 10.6 Å². The average molecular weight is 308 g/mol. The van der Waals surface area contributed by atoms with Crippen molar-refractivity contribution in [1.29, 1.82) is 0 Å². The first-order valence-corrected chi connectivity index (χ1v) is 6.90. The molecule has 0 aliphatic heterocycles. The van der Waals surface area contributed by atoms with E-state index in [9.17, 15) is 9.18 Å². The second-order valence-corrected chi connectivity index (χ2v) is 4.80. The number of amides is 1. The molecule has 1 aromatic carbocycles. The summed E-state index contributed by atoms with van der Waals surface area (Å²) >= 11 is 5.79. The lowest BCUT2D eigenvalue weighted by molar-refractivity contribution is 0.0947. The number of hydrogen-bond acceptors (Lipinski definition) is 3. The first kappa shape index (κ1) is 15.3. The summed E-state index contributed by atoms with van der Waals surface area (Å²) in [6, 6.07) is 8.43. The fraction of sp³-hybridized carbons (Fsp3) is 0.200. The number of hydrogen-bond donors (Lipinski definition) is 2. The van der Waals surface area contributed by atoms with Gasteiger partial charge < -0.3 is 10.6 Å². The maximum Gasteiger partial charge on any atom is 0.254 e. The van der Waals surface area contributed by atoms with E-state index in [0.717, 1.165) is 5.56 Å². The van der Waals surface area contributed by atoms with E-state index >= 15 is 0 Å². The van der Waals surface area contributed by atoms with Gasteiger partial charge in [-0.3, -0.25) is 4.79 Å². The maximum atomic E-state index is 14.1. The number of benzene rings is 1. The Morgan fingerprint density at radius 1 is 1.29 bits per heavy atom. The van der Waals surface area contributed by atoms with Crippen LogP contribution in [-0.4, -0.2) is 17.4 Å². The van der Waals surface area contributed by atoms with E-state index in [-0.39, 0.29) is 11.4 Å². The smallest absolute Gasteiger partial charge is 0.254 e. The second-order valence-electron chi connectivity index (χ2n) is 4.36. The molecule has 1 aromatic heterocycles. The van der Waals surface area contributed by atoms with Gasteiger partial charge in [0.1, 0.15) is 0 Å². The predicted octanol–water partition coefficient (Wildman–Crippen LogP) is 3.24. The highest BCUT2D eigenvalue weighted by Crippen LogP contribution is 2.15. The molecular weight excluding hydrogens is 293 g/mol. The molecule has 2 N–H and O–H groups in total. The Morgan fingerprint density at radius 2 is 2.00 bits per heavy atom. The van der Waals surface area contributed by atoms with Crippen LogP contribution in [0.25, 0.3) is 0 Å². The lowest BCUT2D eigenvalue weighted by Gasteiger charge is -2.09. The zero-order chi connectivity index (χ0) is 15.2. The van der Waals surface area contributed by atoms with Crippen molar-refractivity contribution in [3.63, 3.8) is 0 Å². The van der Waals surface area contributed by atoms with E-state index in [0.29, 0.717) is 18.1 Å². The summed E-state index contributed by atoms with van der Waals surface area (Å²) in [6.45, 7) is 2.66. The molecule has 2 aromatic rings. The Morgan fingerprint density at radius 3 is 2.67 bits per heavy atom. The Bertz CT molecular complexity index is 631. The molecule has 0 atom stereocenters. The Hall–Kier alpha value is -2.14. The number of halogens is 2. The Balaban J connectivity index is 2.06. The van der Waals surface area contributed by atoms with Gasteiger partial charge in [0.15, 0.2) is 11.6 Å². The molecule has 1 amide bonds. The number of nitrogens with one attached hydrogen (secondary N) is 2. The van der Waals surface area contributed by atoms with Gasteiger partial charge in [-0.1, -0.05) is 23.7 Å². The van der Waals surface area contributed by atoms with Crippen LogP contribution in [0.4, 0.5) is 10.2 Å². The molecule has 0 unspecified atom stereocenters. The molecular formula is C15H15ClFN3O. The zero-order valence-corrected chi connectivity index (χ0v) is 12.2. The van der Waals surface area contributed by atoms with Gasteiger partial charge in [0.2, 0.25) is 0 Å². The number of nitrogens with zero attached hydrogens (tertiary/aromatic N) is 1. The van der Waals surface area contributed by atoms with E-state index in [4.69, 9.17) is 11.6 Å². The molecule has 110 valence electrons. The summed E-state index contributed by atoms with van der Waals surface area (Å²) < 4.78 is 14.1. The number of rotatable bonds is 5. The SMILES string of the molecule is CCNc1nccc(C(=O)NCc2ccc(Cl)cc2)c1F. The maximum absolute atomic E-state index is 14.1. The number of carbonyl (C=O) groups is 1. The summed E-state index contributed by atoms with van der Waals surface area (Å²) in [6.07, 6.45) is 1.40. The lowest BCUT2D eigenvalue weighted by Crippen LogP contribution is -2.24. The number of aromatic nitrogens is 1. The van der Waals surface area contributed by atoms with E-state index < -0.39 is 11.7 Å². The van der Waals surface area contributed by atoms with Crippen molar-refractivity contribution in [3.8, 4) is 0 Å². The van der Waals surface area contributed by atoms with Gasteiger partial charge in [-0.05, 0) is 30.7 Å². The fourth-order valence-corrected chi connectivity index (χ4v) is 1.92. The van der Waals surface area contributed by atoms with Gasteiger partial charge in [-0.15, -0.1) is 0 Å². The Kier molecular flexibility index (Phi) is 5.11. The molecule has 0 saturated heterocycles. The molecule has 0 spiro atoms. The summed E-state index contributed by atoms with van der Waals surface area (Å²) in [5, 5.41) is 6.06. The van der Waals surface area contributed by atoms with Gasteiger partial charge in [-0.2, -0.15) is 0 Å². The van der Waals surface area contributed by atoms with Gasteiger partial charge in [0.05, 0.1) is 5.56 Å². The van der Waals surface area contributed by atoms with Crippen LogP contribution in [0.3, 0.4) is 0 Å². The molecule has 0 radical (unpaired) electrons. The van der Waals surface area contributed by atoms with Crippen LogP contribution in [0.15, 0.2) is 36.5 Å². The molecule has 6 heteroatoms. The molecule has 0 fully saturated rings.